The van der Waals surface area contributed by atoms with Gasteiger partial charge >= 0.3 is 5.97 Å². The average molecular weight is 553 g/mol. The maximum absolute atomic E-state index is 13.3. The molecule has 4 rings (SSSR count). The molecule has 2 heterocycles. The van der Waals surface area contributed by atoms with Crippen molar-refractivity contribution in [3.05, 3.63) is 50.9 Å². The number of methoxy groups -OCH3 is 1. The Bertz CT molecular complexity index is 1280. The van der Waals surface area contributed by atoms with E-state index in [4.69, 9.17) is 21.1 Å². The molecular formula is C24H26ClFN4O4S2. The third-order valence-corrected chi connectivity index (χ3v) is 8.24. The smallest absolute Gasteiger partial charge is 0.341 e. The van der Waals surface area contributed by atoms with Gasteiger partial charge in [0.15, 0.2) is 17.1 Å². The third-order valence-electron chi connectivity index (χ3n) is 5.77. The second-order valence-electron chi connectivity index (χ2n) is 8.16. The number of aromatic nitrogens is 3. The van der Waals surface area contributed by atoms with Crippen LogP contribution >= 0.6 is 34.7 Å². The summed E-state index contributed by atoms with van der Waals surface area (Å²) >= 11 is 8.77. The molecule has 8 nitrogen and oxygen atoms in total. The number of hydrogen-bond acceptors (Lipinski definition) is 8. The molecule has 0 radical (unpaired) electrons. The molecule has 1 atom stereocenters. The van der Waals surface area contributed by atoms with Crippen molar-refractivity contribution in [3.63, 3.8) is 0 Å². The van der Waals surface area contributed by atoms with Crippen molar-refractivity contribution < 1.29 is 23.5 Å². The summed E-state index contributed by atoms with van der Waals surface area (Å²) in [5.41, 5.74) is 1.46. The van der Waals surface area contributed by atoms with Crippen LogP contribution in [0.15, 0.2) is 23.4 Å². The van der Waals surface area contributed by atoms with Crippen molar-refractivity contribution in [1.82, 2.24) is 14.8 Å². The number of rotatable bonds is 9. The number of benzene rings is 1. The molecule has 1 aromatic carbocycles. The Morgan fingerprint density at radius 1 is 1.31 bits per heavy atom. The van der Waals surface area contributed by atoms with Gasteiger partial charge in [0.1, 0.15) is 16.6 Å². The first-order valence-electron chi connectivity index (χ1n) is 11.5. The Kier molecular flexibility index (Phi) is 8.53. The third kappa shape index (κ3) is 5.68. The largest absolute Gasteiger partial charge is 0.481 e. The van der Waals surface area contributed by atoms with Gasteiger partial charge in [-0.05, 0) is 63.3 Å². The van der Waals surface area contributed by atoms with Crippen molar-refractivity contribution in [2.75, 3.05) is 18.2 Å². The molecule has 1 aliphatic rings. The molecule has 0 bridgehead atoms. The lowest BCUT2D eigenvalue weighted by Crippen LogP contribution is -2.17. The molecule has 0 saturated carbocycles. The molecule has 12 heteroatoms. The van der Waals surface area contributed by atoms with Crippen LogP contribution < -0.4 is 10.1 Å². The second-order valence-corrected chi connectivity index (χ2v) is 10.6. The van der Waals surface area contributed by atoms with Crippen molar-refractivity contribution in [2.24, 2.45) is 0 Å². The number of amides is 1. The molecule has 1 amide bonds. The highest BCUT2D eigenvalue weighted by molar-refractivity contribution is 7.99. The van der Waals surface area contributed by atoms with Crippen LogP contribution in [0.4, 0.5) is 9.39 Å². The number of thioether (sulfide) groups is 1. The average Bonchev–Trinajstić information content (AvgIpc) is 3.44. The fraction of sp³-hybridized carbons (Fsp3) is 0.417. The topological polar surface area (TPSA) is 95.3 Å². The quantitative estimate of drug-likeness (QED) is 0.269. The molecule has 0 fully saturated rings. The van der Waals surface area contributed by atoms with Crippen LogP contribution in [0.3, 0.4) is 0 Å². The summed E-state index contributed by atoms with van der Waals surface area (Å²) in [7, 11) is 1.35. The Labute approximate surface area is 221 Å². The normalized spacial score (nSPS) is 13.7. The minimum Gasteiger partial charge on any atom is -0.481 e. The Morgan fingerprint density at radius 3 is 2.81 bits per heavy atom. The molecule has 192 valence electrons. The molecule has 3 aromatic rings. The predicted octanol–water partition coefficient (Wildman–Crippen LogP) is 5.69. The van der Waals surface area contributed by atoms with Gasteiger partial charge in [0.05, 0.1) is 23.4 Å². The summed E-state index contributed by atoms with van der Waals surface area (Å²) in [6.45, 7) is 4.29. The number of esters is 1. The van der Waals surface area contributed by atoms with E-state index in [1.54, 1.807) is 6.92 Å². The lowest BCUT2D eigenvalue weighted by molar-refractivity contribution is -0.113. The molecule has 36 heavy (non-hydrogen) atoms. The van der Waals surface area contributed by atoms with E-state index < -0.39 is 17.9 Å². The number of aryl methyl sites for hydroxylation is 1. The number of hydrogen-bond donors (Lipinski definition) is 1. The summed E-state index contributed by atoms with van der Waals surface area (Å²) in [5, 5.41) is 12.6. The summed E-state index contributed by atoms with van der Waals surface area (Å²) in [4.78, 5) is 26.4. The maximum atomic E-state index is 13.3. The van der Waals surface area contributed by atoms with Crippen LogP contribution in [-0.2, 0) is 28.9 Å². The van der Waals surface area contributed by atoms with Gasteiger partial charge in [0.2, 0.25) is 5.91 Å². The zero-order valence-electron chi connectivity index (χ0n) is 20.1. The van der Waals surface area contributed by atoms with Crippen LogP contribution in [0.25, 0.3) is 0 Å². The highest BCUT2D eigenvalue weighted by atomic mass is 35.5. The summed E-state index contributed by atoms with van der Waals surface area (Å²) in [6, 6.07) is 3.92. The van der Waals surface area contributed by atoms with Crippen molar-refractivity contribution >= 4 is 51.6 Å². The number of nitrogens with zero attached hydrogens (tertiary/aromatic N) is 3. The molecular weight excluding hydrogens is 527 g/mol. The molecule has 1 N–H and O–H groups in total. The van der Waals surface area contributed by atoms with Crippen LogP contribution in [0, 0.1) is 5.82 Å². The zero-order valence-corrected chi connectivity index (χ0v) is 22.5. The van der Waals surface area contributed by atoms with E-state index in [0.29, 0.717) is 33.8 Å². The monoisotopic (exact) mass is 552 g/mol. The van der Waals surface area contributed by atoms with E-state index in [9.17, 15) is 14.0 Å². The van der Waals surface area contributed by atoms with Crippen molar-refractivity contribution in [3.8, 4) is 5.75 Å². The van der Waals surface area contributed by atoms with E-state index in [0.717, 1.165) is 36.1 Å². The van der Waals surface area contributed by atoms with Crippen LogP contribution in [0.1, 0.15) is 59.4 Å². The van der Waals surface area contributed by atoms with Gasteiger partial charge in [0.25, 0.3) is 0 Å². The van der Waals surface area contributed by atoms with Gasteiger partial charge in [-0.2, -0.15) is 0 Å². The first-order chi connectivity index (χ1) is 17.3. The minimum absolute atomic E-state index is 0.0837. The van der Waals surface area contributed by atoms with Gasteiger partial charge in [-0.1, -0.05) is 23.4 Å². The number of thiophene rings is 1. The van der Waals surface area contributed by atoms with Gasteiger partial charge in [-0.3, -0.25) is 4.79 Å². The standard InChI is InChI=1S/C24H26ClFN4O4S2/c1-4-30-21(13(2)34-17-10-9-14(26)11-16(17)25)28-29-24(30)35-12-19(31)27-22-20(23(32)33-3)15-7-5-6-8-18(15)36-22/h9-11,13H,4-8,12H2,1-3H3,(H,27,31). The molecule has 2 aromatic heterocycles. The molecule has 0 saturated heterocycles. The Balaban J connectivity index is 1.44. The first kappa shape index (κ1) is 26.4. The van der Waals surface area contributed by atoms with Crippen LogP contribution in [0.2, 0.25) is 5.02 Å². The van der Waals surface area contributed by atoms with Crippen LogP contribution in [-0.4, -0.2) is 39.5 Å². The van der Waals surface area contributed by atoms with Gasteiger partial charge in [-0.25, -0.2) is 9.18 Å². The molecule has 0 aliphatic heterocycles. The second kappa shape index (κ2) is 11.6. The summed E-state index contributed by atoms with van der Waals surface area (Å²) in [6.07, 6.45) is 3.29. The van der Waals surface area contributed by atoms with E-state index in [-0.39, 0.29) is 16.7 Å². The number of fused-ring (bicyclic) bond motifs is 1. The number of ether oxygens (including phenoxy) is 2. The van der Waals surface area contributed by atoms with Gasteiger partial charge in [-0.15, -0.1) is 21.5 Å². The first-order valence-corrected chi connectivity index (χ1v) is 13.7. The summed E-state index contributed by atoms with van der Waals surface area (Å²) < 4.78 is 26.0. The minimum atomic E-state index is -0.511. The fourth-order valence-electron chi connectivity index (χ4n) is 4.08. The number of nitrogens with one attached hydrogen (secondary N) is 1. The Hall–Kier alpha value is -2.63. The highest BCUT2D eigenvalue weighted by Crippen LogP contribution is 2.38. The summed E-state index contributed by atoms with van der Waals surface area (Å²) in [5.74, 6) is -0.152. The lowest BCUT2D eigenvalue weighted by atomic mass is 9.95. The van der Waals surface area contributed by atoms with Crippen molar-refractivity contribution in [1.29, 1.82) is 0 Å². The number of anilines is 1. The molecule has 1 unspecified atom stereocenters. The number of carbonyl (C=O) groups excluding carboxylic acids is 2. The predicted molar refractivity (Wildman–Crippen MR) is 138 cm³/mol. The van der Waals surface area contributed by atoms with E-state index in [2.05, 4.69) is 15.5 Å². The zero-order chi connectivity index (χ0) is 25.8. The van der Waals surface area contributed by atoms with Gasteiger partial charge < -0.3 is 19.4 Å². The fourth-order valence-corrected chi connectivity index (χ4v) is 6.40. The SMILES string of the molecule is CCn1c(SCC(=O)Nc2sc3c(c2C(=O)OC)CCCC3)nnc1C(C)Oc1ccc(F)cc1Cl. The maximum Gasteiger partial charge on any atom is 0.341 e. The van der Waals surface area contributed by atoms with E-state index in [1.807, 2.05) is 11.5 Å². The van der Waals surface area contributed by atoms with E-state index in [1.165, 1.54) is 48.4 Å². The molecule has 1 aliphatic carbocycles. The van der Waals surface area contributed by atoms with E-state index >= 15 is 0 Å². The number of carbonyl (C=O) groups is 2. The number of halogens is 2. The van der Waals surface area contributed by atoms with Crippen LogP contribution in [0.5, 0.6) is 5.75 Å². The molecule has 0 spiro atoms. The lowest BCUT2D eigenvalue weighted by Gasteiger charge is -2.16. The Morgan fingerprint density at radius 2 is 2.08 bits per heavy atom. The van der Waals surface area contributed by atoms with Crippen molar-refractivity contribution in [2.45, 2.75) is 57.3 Å². The highest BCUT2D eigenvalue weighted by Gasteiger charge is 2.27. The van der Waals surface area contributed by atoms with Gasteiger partial charge in [0, 0.05) is 11.4 Å².